The van der Waals surface area contributed by atoms with Crippen molar-refractivity contribution in [1.82, 2.24) is 30.1 Å². The maximum atomic E-state index is 13.2. The maximum absolute atomic E-state index is 13.2. The Bertz CT molecular complexity index is 1440. The third kappa shape index (κ3) is 6.37. The molecule has 0 bridgehead atoms. The molecule has 1 aliphatic rings. The molecule has 0 radical (unpaired) electrons. The van der Waals surface area contributed by atoms with Gasteiger partial charge in [0.25, 0.3) is 5.56 Å². The first-order valence-corrected chi connectivity index (χ1v) is 14.0. The Hall–Kier alpha value is -3.56. The number of fused-ring (bicyclic) bond motifs is 1. The van der Waals surface area contributed by atoms with Gasteiger partial charge in [-0.1, -0.05) is 31.2 Å². The third-order valence-electron chi connectivity index (χ3n) is 7.59. The highest BCUT2D eigenvalue weighted by Gasteiger charge is 2.27. The molecule has 5 rings (SSSR count). The first-order chi connectivity index (χ1) is 19.1. The minimum Gasteiger partial charge on any atom is -0.494 e. The van der Waals surface area contributed by atoms with Gasteiger partial charge in [0, 0.05) is 36.2 Å². The van der Waals surface area contributed by atoms with Crippen molar-refractivity contribution in [3.8, 4) is 5.75 Å². The van der Waals surface area contributed by atoms with E-state index in [1.165, 1.54) is 11.1 Å². The zero-order chi connectivity index (χ0) is 27.2. The van der Waals surface area contributed by atoms with Crippen LogP contribution in [0.1, 0.15) is 61.7 Å². The highest BCUT2D eigenvalue weighted by atomic mass is 16.5. The molecule has 0 unspecified atom stereocenters. The predicted octanol–water partition coefficient (Wildman–Crippen LogP) is 4.60. The number of nitrogens with one attached hydrogen (secondary N) is 1. The number of aromatic amines is 1. The van der Waals surface area contributed by atoms with Gasteiger partial charge < -0.3 is 14.5 Å². The lowest BCUT2D eigenvalue weighted by atomic mass is 10.0. The van der Waals surface area contributed by atoms with Crippen LogP contribution in [0.3, 0.4) is 0 Å². The molecule has 39 heavy (non-hydrogen) atoms. The number of hydrogen-bond donors (Lipinski definition) is 1. The van der Waals surface area contributed by atoms with Crippen LogP contribution in [-0.2, 0) is 24.2 Å². The second kappa shape index (κ2) is 12.5. The quantitative estimate of drug-likeness (QED) is 0.286. The largest absolute Gasteiger partial charge is 0.494 e. The lowest BCUT2D eigenvalue weighted by Crippen LogP contribution is -2.35. The van der Waals surface area contributed by atoms with Crippen LogP contribution in [0, 0.1) is 6.92 Å². The van der Waals surface area contributed by atoms with E-state index < -0.39 is 0 Å². The zero-order valence-electron chi connectivity index (χ0n) is 23.1. The molecule has 206 valence electrons. The van der Waals surface area contributed by atoms with Crippen molar-refractivity contribution >= 4 is 10.9 Å². The van der Waals surface area contributed by atoms with Gasteiger partial charge in [0.15, 0.2) is 5.82 Å². The summed E-state index contributed by atoms with van der Waals surface area (Å²) < 4.78 is 13.5. The predicted molar refractivity (Wildman–Crippen MR) is 151 cm³/mol. The summed E-state index contributed by atoms with van der Waals surface area (Å²) in [7, 11) is 0. The molecule has 0 aliphatic carbocycles. The summed E-state index contributed by atoms with van der Waals surface area (Å²) >= 11 is 0. The van der Waals surface area contributed by atoms with Gasteiger partial charge in [-0.2, -0.15) is 0 Å². The molecule has 2 atom stereocenters. The van der Waals surface area contributed by atoms with Crippen LogP contribution in [-0.4, -0.2) is 56.0 Å². The molecular weight excluding hydrogens is 492 g/mol. The van der Waals surface area contributed by atoms with Crippen molar-refractivity contribution in [1.29, 1.82) is 0 Å². The zero-order valence-corrected chi connectivity index (χ0v) is 23.1. The second-order valence-corrected chi connectivity index (χ2v) is 10.2. The van der Waals surface area contributed by atoms with Crippen molar-refractivity contribution in [3.05, 3.63) is 81.4 Å². The Morgan fingerprint density at radius 1 is 1.18 bits per heavy atom. The summed E-state index contributed by atoms with van der Waals surface area (Å²) in [5.41, 5.74) is 3.98. The van der Waals surface area contributed by atoms with Crippen LogP contribution in [0.25, 0.3) is 10.9 Å². The van der Waals surface area contributed by atoms with E-state index in [9.17, 15) is 4.79 Å². The van der Waals surface area contributed by atoms with E-state index in [1.54, 1.807) is 0 Å². The van der Waals surface area contributed by atoms with Crippen LogP contribution in [0.15, 0.2) is 53.3 Å². The number of aryl methyl sites for hydroxylation is 1. The standard InChI is InChI=1S/C30H38N6O3/c1-4-28(29-32-33-34-36(29)20-26-11-8-16-39-26)35(15-14-22-10-7-6-9-21(22)3)19-24-17-23-18-25(38-5-2)12-13-27(23)31-30(24)37/h6-7,9-10,12-13,17-18,26,28H,4-5,8,11,14-16,19-20H2,1-3H3,(H,31,37)/t26-,28+/m1/s1. The Kier molecular flexibility index (Phi) is 8.68. The van der Waals surface area contributed by atoms with Crippen molar-refractivity contribution < 1.29 is 9.47 Å². The number of hydrogen-bond acceptors (Lipinski definition) is 7. The molecule has 0 spiro atoms. The number of nitrogens with zero attached hydrogens (tertiary/aromatic N) is 5. The molecule has 3 heterocycles. The lowest BCUT2D eigenvalue weighted by molar-refractivity contribution is 0.0893. The van der Waals surface area contributed by atoms with E-state index in [-0.39, 0.29) is 17.7 Å². The smallest absolute Gasteiger partial charge is 0.252 e. The Balaban J connectivity index is 1.47. The monoisotopic (exact) mass is 530 g/mol. The Labute approximate surface area is 229 Å². The number of H-pyrrole nitrogens is 1. The van der Waals surface area contributed by atoms with Crippen LogP contribution in [0.4, 0.5) is 0 Å². The number of benzene rings is 2. The van der Waals surface area contributed by atoms with Gasteiger partial charge in [-0.3, -0.25) is 9.69 Å². The molecule has 9 heteroatoms. The highest BCUT2D eigenvalue weighted by molar-refractivity contribution is 5.80. The number of tetrazole rings is 1. The molecule has 1 fully saturated rings. The van der Waals surface area contributed by atoms with Gasteiger partial charge in [-0.05, 0) is 85.3 Å². The summed E-state index contributed by atoms with van der Waals surface area (Å²) in [5, 5.41) is 13.8. The van der Waals surface area contributed by atoms with E-state index in [2.05, 4.69) is 63.5 Å². The Morgan fingerprint density at radius 2 is 2.05 bits per heavy atom. The van der Waals surface area contributed by atoms with E-state index in [1.807, 2.05) is 35.9 Å². The lowest BCUT2D eigenvalue weighted by Gasteiger charge is -2.30. The number of aromatic nitrogens is 5. The number of ether oxygens (including phenoxy) is 2. The normalized spacial score (nSPS) is 16.3. The summed E-state index contributed by atoms with van der Waals surface area (Å²) in [5.74, 6) is 1.60. The van der Waals surface area contributed by atoms with Crippen molar-refractivity contribution in [3.63, 3.8) is 0 Å². The van der Waals surface area contributed by atoms with Gasteiger partial charge in [0.05, 0.1) is 25.3 Å². The number of rotatable bonds is 12. The molecule has 0 saturated carbocycles. The van der Waals surface area contributed by atoms with Crippen LogP contribution in [0.2, 0.25) is 0 Å². The first kappa shape index (κ1) is 27.0. The SMILES string of the molecule is CCOc1ccc2[nH]c(=O)c(CN(CCc3ccccc3C)[C@@H](CC)c3nnnn3C[C@H]3CCCO3)cc2c1. The molecule has 2 aromatic carbocycles. The average molecular weight is 531 g/mol. The fourth-order valence-electron chi connectivity index (χ4n) is 5.49. The van der Waals surface area contributed by atoms with Crippen LogP contribution >= 0.6 is 0 Å². The van der Waals surface area contributed by atoms with E-state index in [4.69, 9.17) is 9.47 Å². The molecule has 2 aromatic heterocycles. The van der Waals surface area contributed by atoms with E-state index in [0.29, 0.717) is 25.3 Å². The van der Waals surface area contributed by atoms with Gasteiger partial charge >= 0.3 is 0 Å². The van der Waals surface area contributed by atoms with Crippen LogP contribution < -0.4 is 10.3 Å². The van der Waals surface area contributed by atoms with E-state index in [0.717, 1.165) is 61.3 Å². The molecule has 1 N–H and O–H groups in total. The van der Waals surface area contributed by atoms with Gasteiger partial charge in [0.2, 0.25) is 0 Å². The first-order valence-electron chi connectivity index (χ1n) is 14.0. The molecule has 1 aliphatic heterocycles. The van der Waals surface area contributed by atoms with Gasteiger partial charge in [-0.25, -0.2) is 4.68 Å². The van der Waals surface area contributed by atoms with E-state index >= 15 is 0 Å². The minimum atomic E-state index is -0.0821. The molecule has 1 saturated heterocycles. The topological polar surface area (TPSA) is 98.2 Å². The molecule has 9 nitrogen and oxygen atoms in total. The molecule has 4 aromatic rings. The van der Waals surface area contributed by atoms with Crippen molar-refractivity contribution in [2.45, 2.75) is 71.7 Å². The van der Waals surface area contributed by atoms with Gasteiger partial charge in [0.1, 0.15) is 5.75 Å². The molecular formula is C30H38N6O3. The van der Waals surface area contributed by atoms with Crippen LogP contribution in [0.5, 0.6) is 5.75 Å². The summed E-state index contributed by atoms with van der Waals surface area (Å²) in [6, 6.07) is 16.2. The van der Waals surface area contributed by atoms with Crippen molar-refractivity contribution in [2.24, 2.45) is 0 Å². The second-order valence-electron chi connectivity index (χ2n) is 10.2. The van der Waals surface area contributed by atoms with Gasteiger partial charge in [-0.15, -0.1) is 5.10 Å². The summed E-state index contributed by atoms with van der Waals surface area (Å²) in [6.45, 7) is 9.50. The third-order valence-corrected chi connectivity index (χ3v) is 7.59. The summed E-state index contributed by atoms with van der Waals surface area (Å²) in [4.78, 5) is 18.6. The number of pyridine rings is 1. The average Bonchev–Trinajstić information content (AvgIpc) is 3.62. The molecule has 0 amide bonds. The minimum absolute atomic E-state index is 0.0599. The fraction of sp³-hybridized carbons (Fsp3) is 0.467. The summed E-state index contributed by atoms with van der Waals surface area (Å²) in [6.07, 6.45) is 3.88. The maximum Gasteiger partial charge on any atom is 0.252 e. The van der Waals surface area contributed by atoms with Crippen molar-refractivity contribution in [2.75, 3.05) is 19.8 Å². The fourth-order valence-corrected chi connectivity index (χ4v) is 5.49. The highest BCUT2D eigenvalue weighted by Crippen LogP contribution is 2.27. The Morgan fingerprint density at radius 3 is 2.82 bits per heavy atom.